The molecule has 3 heterocycles. The number of carbonyl (C=O) groups is 1. The van der Waals surface area contributed by atoms with Gasteiger partial charge in [-0.05, 0) is 62.0 Å². The number of hydrogen-bond donors (Lipinski definition) is 3. The number of piperidine rings is 1. The molecule has 2 saturated heterocycles. The zero-order valence-corrected chi connectivity index (χ0v) is 15.6. The number of carbonyl (C=O) groups excluding carboxylic acids is 1. The van der Waals surface area contributed by atoms with Crippen molar-refractivity contribution in [3.05, 3.63) is 41.8 Å². The van der Waals surface area contributed by atoms with E-state index in [1.165, 1.54) is 12.1 Å². The second-order valence-corrected chi connectivity index (χ2v) is 7.86. The molecule has 1 aromatic carbocycles. The Morgan fingerprint density at radius 3 is 2.78 bits per heavy atom. The summed E-state index contributed by atoms with van der Waals surface area (Å²) >= 11 is 0. The molecule has 1 unspecified atom stereocenters. The summed E-state index contributed by atoms with van der Waals surface area (Å²) in [5, 5.41) is 13.9. The monoisotopic (exact) mass is 371 g/mol. The van der Waals surface area contributed by atoms with Gasteiger partial charge in [-0.25, -0.2) is 4.39 Å². The number of nitrogens with one attached hydrogen (secondary N) is 3. The minimum atomic E-state index is -0.272. The number of H-pyrrole nitrogens is 1. The highest BCUT2D eigenvalue weighted by atomic mass is 19.1. The molecule has 3 N–H and O–H groups in total. The average Bonchev–Trinajstić information content (AvgIpc) is 3.30. The molecule has 0 saturated carbocycles. The predicted molar refractivity (Wildman–Crippen MR) is 101 cm³/mol. The number of halogens is 1. The van der Waals surface area contributed by atoms with E-state index in [1.807, 2.05) is 7.05 Å². The van der Waals surface area contributed by atoms with Crippen molar-refractivity contribution in [2.75, 3.05) is 26.7 Å². The fraction of sp³-hybridized carbons (Fsp3) is 0.500. The lowest BCUT2D eigenvalue weighted by atomic mass is 9.77. The minimum absolute atomic E-state index is 0.116. The molecule has 7 heteroatoms. The van der Waals surface area contributed by atoms with E-state index in [9.17, 15) is 9.18 Å². The Morgan fingerprint density at radius 2 is 2.04 bits per heavy atom. The first-order chi connectivity index (χ1) is 13.1. The van der Waals surface area contributed by atoms with Gasteiger partial charge in [-0.15, -0.1) is 0 Å². The molecule has 0 bridgehead atoms. The number of nitrogens with zero attached hydrogens (tertiary/aromatic N) is 2. The van der Waals surface area contributed by atoms with Crippen LogP contribution in [-0.4, -0.2) is 53.7 Å². The second kappa shape index (κ2) is 7.40. The van der Waals surface area contributed by atoms with E-state index in [-0.39, 0.29) is 23.2 Å². The molecule has 144 valence electrons. The molecule has 2 aliphatic rings. The predicted octanol–water partition coefficient (Wildman–Crippen LogP) is 1.91. The van der Waals surface area contributed by atoms with Gasteiger partial charge >= 0.3 is 0 Å². The average molecular weight is 371 g/mol. The molecular formula is C20H26FN5O. The van der Waals surface area contributed by atoms with E-state index in [0.29, 0.717) is 6.54 Å². The van der Waals surface area contributed by atoms with Gasteiger partial charge in [0.2, 0.25) is 5.91 Å². The van der Waals surface area contributed by atoms with E-state index in [2.05, 4.69) is 20.8 Å². The molecular weight excluding hydrogens is 345 g/mol. The van der Waals surface area contributed by atoms with E-state index in [1.54, 1.807) is 23.2 Å². The van der Waals surface area contributed by atoms with Crippen LogP contribution in [0.2, 0.25) is 0 Å². The van der Waals surface area contributed by atoms with Gasteiger partial charge in [-0.3, -0.25) is 9.89 Å². The van der Waals surface area contributed by atoms with Crippen LogP contribution < -0.4 is 10.6 Å². The highest BCUT2D eigenvalue weighted by Crippen LogP contribution is 2.37. The van der Waals surface area contributed by atoms with Crippen LogP contribution >= 0.6 is 0 Å². The molecule has 4 rings (SSSR count). The highest BCUT2D eigenvalue weighted by Gasteiger charge is 2.42. The van der Waals surface area contributed by atoms with Gasteiger partial charge in [-0.1, -0.05) is 0 Å². The topological polar surface area (TPSA) is 73.0 Å². The maximum atomic E-state index is 13.2. The van der Waals surface area contributed by atoms with Gasteiger partial charge in [0.1, 0.15) is 5.82 Å². The summed E-state index contributed by atoms with van der Waals surface area (Å²) < 4.78 is 13.2. The SMILES string of the molecule is CN(Cc1cn[nH]c1-c1ccc(F)cc1)C(=O)C1CC2(CCNCC2)CN1. The molecule has 1 spiro atoms. The van der Waals surface area contributed by atoms with E-state index < -0.39 is 0 Å². The van der Waals surface area contributed by atoms with Crippen LogP contribution in [0.4, 0.5) is 4.39 Å². The van der Waals surface area contributed by atoms with Crippen molar-refractivity contribution in [3.8, 4) is 11.3 Å². The summed E-state index contributed by atoms with van der Waals surface area (Å²) in [6.45, 7) is 3.46. The number of likely N-dealkylation sites (N-methyl/N-ethyl adjacent to an activating group) is 1. The normalized spacial score (nSPS) is 21.5. The highest BCUT2D eigenvalue weighted by molar-refractivity contribution is 5.82. The Bertz CT molecular complexity index is 797. The molecule has 2 fully saturated rings. The Kier molecular flexibility index (Phi) is 4.97. The van der Waals surface area contributed by atoms with E-state index in [0.717, 1.165) is 55.7 Å². The van der Waals surface area contributed by atoms with Crippen LogP contribution in [0.1, 0.15) is 24.8 Å². The number of rotatable bonds is 4. The molecule has 1 atom stereocenters. The fourth-order valence-electron chi connectivity index (χ4n) is 4.33. The minimum Gasteiger partial charge on any atom is -0.340 e. The first kappa shape index (κ1) is 18.1. The maximum absolute atomic E-state index is 13.2. The smallest absolute Gasteiger partial charge is 0.239 e. The fourth-order valence-corrected chi connectivity index (χ4v) is 4.33. The number of benzene rings is 1. The Balaban J connectivity index is 1.42. The Morgan fingerprint density at radius 1 is 1.30 bits per heavy atom. The van der Waals surface area contributed by atoms with Crippen molar-refractivity contribution in [3.63, 3.8) is 0 Å². The van der Waals surface area contributed by atoms with Gasteiger partial charge in [0.25, 0.3) is 0 Å². The summed E-state index contributed by atoms with van der Waals surface area (Å²) in [5.74, 6) is -0.150. The summed E-state index contributed by atoms with van der Waals surface area (Å²) in [7, 11) is 1.83. The van der Waals surface area contributed by atoms with Gasteiger partial charge < -0.3 is 15.5 Å². The number of aromatic amines is 1. The second-order valence-electron chi connectivity index (χ2n) is 7.86. The molecule has 0 radical (unpaired) electrons. The van der Waals surface area contributed by atoms with Crippen LogP contribution in [0, 0.1) is 11.2 Å². The van der Waals surface area contributed by atoms with Crippen LogP contribution in [0.15, 0.2) is 30.5 Å². The molecule has 2 aliphatic heterocycles. The molecule has 6 nitrogen and oxygen atoms in total. The third kappa shape index (κ3) is 3.75. The summed E-state index contributed by atoms with van der Waals surface area (Å²) in [4.78, 5) is 14.7. The molecule has 0 aliphatic carbocycles. The number of hydrogen-bond acceptors (Lipinski definition) is 4. The van der Waals surface area contributed by atoms with Crippen LogP contribution in [0.5, 0.6) is 0 Å². The number of aromatic nitrogens is 2. The third-order valence-electron chi connectivity index (χ3n) is 5.96. The lowest BCUT2D eigenvalue weighted by Gasteiger charge is -2.33. The molecule has 1 aromatic heterocycles. The van der Waals surface area contributed by atoms with Crippen LogP contribution in [-0.2, 0) is 11.3 Å². The molecule has 1 amide bonds. The first-order valence-corrected chi connectivity index (χ1v) is 9.54. The third-order valence-corrected chi connectivity index (χ3v) is 5.96. The van der Waals surface area contributed by atoms with Crippen molar-refractivity contribution in [1.82, 2.24) is 25.7 Å². The van der Waals surface area contributed by atoms with Gasteiger partial charge in [0.05, 0.1) is 17.9 Å². The van der Waals surface area contributed by atoms with E-state index >= 15 is 0 Å². The van der Waals surface area contributed by atoms with E-state index in [4.69, 9.17) is 0 Å². The van der Waals surface area contributed by atoms with Crippen molar-refractivity contribution >= 4 is 5.91 Å². The molecule has 2 aromatic rings. The molecule has 27 heavy (non-hydrogen) atoms. The van der Waals surface area contributed by atoms with Gasteiger partial charge in [0.15, 0.2) is 0 Å². The van der Waals surface area contributed by atoms with Crippen molar-refractivity contribution in [1.29, 1.82) is 0 Å². The van der Waals surface area contributed by atoms with Crippen molar-refractivity contribution in [2.24, 2.45) is 5.41 Å². The largest absolute Gasteiger partial charge is 0.340 e. The maximum Gasteiger partial charge on any atom is 0.239 e. The van der Waals surface area contributed by atoms with Gasteiger partial charge in [0, 0.05) is 31.3 Å². The van der Waals surface area contributed by atoms with Crippen LogP contribution in [0.3, 0.4) is 0 Å². The van der Waals surface area contributed by atoms with Gasteiger partial charge in [-0.2, -0.15) is 5.10 Å². The van der Waals surface area contributed by atoms with Crippen molar-refractivity contribution in [2.45, 2.75) is 31.8 Å². The zero-order chi connectivity index (χ0) is 18.9. The lowest BCUT2D eigenvalue weighted by molar-refractivity contribution is -0.132. The Labute approximate surface area is 158 Å². The Hall–Kier alpha value is -2.25. The summed E-state index contributed by atoms with van der Waals surface area (Å²) in [6.07, 6.45) is 4.90. The van der Waals surface area contributed by atoms with Crippen LogP contribution in [0.25, 0.3) is 11.3 Å². The summed E-state index contributed by atoms with van der Waals surface area (Å²) in [5.41, 5.74) is 2.87. The zero-order valence-electron chi connectivity index (χ0n) is 15.6. The summed E-state index contributed by atoms with van der Waals surface area (Å²) in [6, 6.07) is 6.17. The first-order valence-electron chi connectivity index (χ1n) is 9.54. The quantitative estimate of drug-likeness (QED) is 0.768. The lowest BCUT2D eigenvalue weighted by Crippen LogP contribution is -2.41. The number of amides is 1. The standard InChI is InChI=1S/C20H26FN5O/c1-26(19(27)17-10-20(13-23-17)6-8-22-9-7-20)12-15-11-24-25-18(15)14-2-4-16(21)5-3-14/h2-5,11,17,22-23H,6-10,12-13H2,1H3,(H,24,25). The van der Waals surface area contributed by atoms with Crippen molar-refractivity contribution < 1.29 is 9.18 Å².